The van der Waals surface area contributed by atoms with Crippen LogP contribution in [0.3, 0.4) is 0 Å². The van der Waals surface area contributed by atoms with Crippen LogP contribution < -0.4 is 0 Å². The van der Waals surface area contributed by atoms with Crippen molar-refractivity contribution < 1.29 is 14.3 Å². The lowest BCUT2D eigenvalue weighted by Crippen LogP contribution is -2.22. The number of fused-ring (bicyclic) bond motifs is 1. The van der Waals surface area contributed by atoms with Crippen LogP contribution in [0, 0.1) is 0 Å². The molecule has 0 amide bonds. The fourth-order valence-corrected chi connectivity index (χ4v) is 3.05. The Hall–Kier alpha value is -2.42. The molecule has 0 fully saturated rings. The molecule has 3 rings (SSSR count). The van der Waals surface area contributed by atoms with E-state index in [9.17, 15) is 9.59 Å². The van der Waals surface area contributed by atoms with E-state index in [1.807, 2.05) is 42.5 Å². The topological polar surface area (TPSA) is 43.4 Å². The minimum absolute atomic E-state index is 0.174. The molecule has 0 spiro atoms. The van der Waals surface area contributed by atoms with Crippen LogP contribution in [0.4, 0.5) is 0 Å². The van der Waals surface area contributed by atoms with Gasteiger partial charge in [-0.1, -0.05) is 49.4 Å². The molecule has 22 heavy (non-hydrogen) atoms. The predicted molar refractivity (Wildman–Crippen MR) is 84.1 cm³/mol. The van der Waals surface area contributed by atoms with Gasteiger partial charge in [-0.3, -0.25) is 4.79 Å². The van der Waals surface area contributed by atoms with Gasteiger partial charge in [0.2, 0.25) is 0 Å². The number of benzene rings is 2. The lowest BCUT2D eigenvalue weighted by molar-refractivity contribution is 0.0477. The summed E-state index contributed by atoms with van der Waals surface area (Å²) in [6.07, 6.45) is 1.13. The molecule has 3 heteroatoms. The van der Waals surface area contributed by atoms with Gasteiger partial charge in [0.15, 0.2) is 5.78 Å². The maximum absolute atomic E-state index is 12.1. The predicted octanol–water partition coefficient (Wildman–Crippen LogP) is 3.78. The smallest absolute Gasteiger partial charge is 0.338 e. The third-order valence-corrected chi connectivity index (χ3v) is 4.32. The molecule has 0 saturated carbocycles. The molecule has 0 aliphatic heterocycles. The average molecular weight is 294 g/mol. The van der Waals surface area contributed by atoms with E-state index < -0.39 is 0 Å². The first-order chi connectivity index (χ1) is 10.6. The van der Waals surface area contributed by atoms with Crippen LogP contribution in [-0.4, -0.2) is 18.4 Å². The summed E-state index contributed by atoms with van der Waals surface area (Å²) in [6.45, 7) is 2.37. The molecule has 0 bridgehead atoms. The zero-order valence-electron chi connectivity index (χ0n) is 12.5. The van der Waals surface area contributed by atoms with Crippen molar-refractivity contribution in [1.29, 1.82) is 0 Å². The molecule has 1 aliphatic carbocycles. The van der Waals surface area contributed by atoms with E-state index in [1.165, 1.54) is 0 Å². The zero-order chi connectivity index (χ0) is 15.6. The third kappa shape index (κ3) is 2.67. The Bertz CT molecular complexity index is 706. The molecule has 0 radical (unpaired) electrons. The highest BCUT2D eigenvalue weighted by Crippen LogP contribution is 2.41. The first kappa shape index (κ1) is 14.5. The Morgan fingerprint density at radius 2 is 1.77 bits per heavy atom. The molecule has 112 valence electrons. The van der Waals surface area contributed by atoms with Crippen LogP contribution >= 0.6 is 0 Å². The number of ether oxygens (including phenoxy) is 1. The average Bonchev–Trinajstić information content (AvgIpc) is 2.80. The molecule has 0 saturated heterocycles. The molecular weight excluding hydrogens is 276 g/mol. The summed E-state index contributed by atoms with van der Waals surface area (Å²) < 4.78 is 5.36. The number of hydrogen-bond acceptors (Lipinski definition) is 3. The molecular formula is C19H18O3. The molecule has 3 nitrogen and oxygen atoms in total. The summed E-state index contributed by atoms with van der Waals surface area (Å²) >= 11 is 0. The van der Waals surface area contributed by atoms with Gasteiger partial charge in [-0.15, -0.1) is 0 Å². The van der Waals surface area contributed by atoms with E-state index in [2.05, 4.69) is 6.92 Å². The lowest BCUT2D eigenvalue weighted by Gasteiger charge is -2.24. The Labute approximate surface area is 129 Å². The van der Waals surface area contributed by atoms with Gasteiger partial charge < -0.3 is 4.74 Å². The number of esters is 1. The molecule has 2 aromatic rings. The van der Waals surface area contributed by atoms with Crippen molar-refractivity contribution in [3.05, 3.63) is 71.3 Å². The second-order valence-corrected chi connectivity index (χ2v) is 5.96. The Kier molecular flexibility index (Phi) is 3.80. The molecule has 1 atom stereocenters. The fraction of sp³-hybridized carbons (Fsp3) is 0.263. The number of Topliss-reactive ketones (excluding diaryl/α,β-unsaturated/α-hetero) is 1. The van der Waals surface area contributed by atoms with E-state index in [1.54, 1.807) is 12.1 Å². The molecule has 0 unspecified atom stereocenters. The molecule has 2 aromatic carbocycles. The van der Waals surface area contributed by atoms with Gasteiger partial charge >= 0.3 is 5.97 Å². The second-order valence-electron chi connectivity index (χ2n) is 5.96. The van der Waals surface area contributed by atoms with E-state index in [0.29, 0.717) is 25.0 Å². The van der Waals surface area contributed by atoms with E-state index in [4.69, 9.17) is 4.74 Å². The largest absolute Gasteiger partial charge is 0.462 e. The standard InChI is InChI=1S/C19H18O3/c1-19(13-17(20)15-9-5-6-10-16(15)19)11-12-22-18(21)14-7-3-2-4-8-14/h2-10H,11-13H2,1H3/t19-/m1/s1. The molecule has 0 N–H and O–H groups in total. The summed E-state index contributed by atoms with van der Waals surface area (Å²) in [7, 11) is 0. The number of ketones is 1. The van der Waals surface area contributed by atoms with Crippen molar-refractivity contribution in [3.8, 4) is 0 Å². The molecule has 1 aliphatic rings. The molecule has 0 aromatic heterocycles. The number of hydrogen-bond donors (Lipinski definition) is 0. The van der Waals surface area contributed by atoms with Crippen molar-refractivity contribution in [2.75, 3.05) is 6.61 Å². The van der Waals surface area contributed by atoms with Gasteiger partial charge in [0.25, 0.3) is 0 Å². The van der Waals surface area contributed by atoms with Gasteiger partial charge in [0.1, 0.15) is 0 Å². The summed E-state index contributed by atoms with van der Waals surface area (Å²) in [6, 6.07) is 16.7. The van der Waals surface area contributed by atoms with Crippen LogP contribution in [0.15, 0.2) is 54.6 Å². The highest BCUT2D eigenvalue weighted by atomic mass is 16.5. The van der Waals surface area contributed by atoms with Gasteiger partial charge in [-0.05, 0) is 24.1 Å². The first-order valence-electron chi connectivity index (χ1n) is 7.45. The maximum atomic E-state index is 12.1. The molecule has 0 heterocycles. The van der Waals surface area contributed by atoms with Gasteiger partial charge in [-0.25, -0.2) is 4.79 Å². The van der Waals surface area contributed by atoms with E-state index in [-0.39, 0.29) is 17.2 Å². The van der Waals surface area contributed by atoms with Crippen molar-refractivity contribution in [3.63, 3.8) is 0 Å². The fourth-order valence-electron chi connectivity index (χ4n) is 3.05. The summed E-state index contributed by atoms with van der Waals surface area (Å²) in [5.41, 5.74) is 2.18. The highest BCUT2D eigenvalue weighted by molar-refractivity contribution is 6.02. The Balaban J connectivity index is 1.65. The van der Waals surface area contributed by atoms with Crippen LogP contribution in [0.25, 0.3) is 0 Å². The van der Waals surface area contributed by atoms with Gasteiger partial charge in [0.05, 0.1) is 12.2 Å². The van der Waals surface area contributed by atoms with E-state index in [0.717, 1.165) is 11.1 Å². The first-order valence-corrected chi connectivity index (χ1v) is 7.45. The number of carbonyl (C=O) groups excluding carboxylic acids is 2. The quantitative estimate of drug-likeness (QED) is 0.806. The van der Waals surface area contributed by atoms with Crippen molar-refractivity contribution in [1.82, 2.24) is 0 Å². The normalized spacial score (nSPS) is 19.8. The SMILES string of the molecule is C[C@@]1(CCOC(=O)c2ccccc2)CC(=O)c2ccccc21. The van der Waals surface area contributed by atoms with Crippen molar-refractivity contribution >= 4 is 11.8 Å². The summed E-state index contributed by atoms with van der Waals surface area (Å²) in [4.78, 5) is 24.0. The monoisotopic (exact) mass is 294 g/mol. The summed E-state index contributed by atoms with van der Waals surface area (Å²) in [5, 5.41) is 0. The highest BCUT2D eigenvalue weighted by Gasteiger charge is 2.39. The van der Waals surface area contributed by atoms with Gasteiger partial charge in [-0.2, -0.15) is 0 Å². The van der Waals surface area contributed by atoms with Crippen molar-refractivity contribution in [2.45, 2.75) is 25.2 Å². The number of carbonyl (C=O) groups is 2. The zero-order valence-corrected chi connectivity index (χ0v) is 12.5. The summed E-state index contributed by atoms with van der Waals surface area (Å²) in [5.74, 6) is -0.144. The maximum Gasteiger partial charge on any atom is 0.338 e. The minimum atomic E-state index is -0.318. The van der Waals surface area contributed by atoms with Crippen molar-refractivity contribution in [2.24, 2.45) is 0 Å². The van der Waals surface area contributed by atoms with Crippen LogP contribution in [0.1, 0.15) is 46.0 Å². The van der Waals surface area contributed by atoms with Gasteiger partial charge in [0, 0.05) is 17.4 Å². The van der Waals surface area contributed by atoms with Crippen LogP contribution in [-0.2, 0) is 10.2 Å². The minimum Gasteiger partial charge on any atom is -0.462 e. The van der Waals surface area contributed by atoms with Crippen LogP contribution in [0.5, 0.6) is 0 Å². The second kappa shape index (κ2) is 5.76. The Morgan fingerprint density at radius 3 is 2.55 bits per heavy atom. The third-order valence-electron chi connectivity index (χ3n) is 4.32. The number of rotatable bonds is 4. The Morgan fingerprint density at radius 1 is 1.09 bits per heavy atom. The van der Waals surface area contributed by atoms with Crippen LogP contribution in [0.2, 0.25) is 0 Å². The lowest BCUT2D eigenvalue weighted by atomic mass is 9.81. The van der Waals surface area contributed by atoms with E-state index >= 15 is 0 Å².